The van der Waals surface area contributed by atoms with Crippen LogP contribution in [0.25, 0.3) is 16.8 Å². The van der Waals surface area contributed by atoms with Crippen LogP contribution >= 0.6 is 0 Å². The summed E-state index contributed by atoms with van der Waals surface area (Å²) in [6.07, 6.45) is 1.74. The van der Waals surface area contributed by atoms with Gasteiger partial charge in [-0.15, -0.1) is 10.2 Å². The van der Waals surface area contributed by atoms with E-state index in [1.165, 1.54) is 0 Å². The lowest BCUT2D eigenvalue weighted by Crippen LogP contribution is -2.18. The molecular weight excluding hydrogens is 326 g/mol. The first-order valence-corrected chi connectivity index (χ1v) is 8.28. The van der Waals surface area contributed by atoms with Crippen LogP contribution in [0.5, 0.6) is 0 Å². The maximum atomic E-state index is 12.6. The van der Waals surface area contributed by atoms with Crippen molar-refractivity contribution in [3.63, 3.8) is 0 Å². The minimum Gasteiger partial charge on any atom is -0.321 e. The van der Waals surface area contributed by atoms with E-state index in [1.807, 2.05) is 68.4 Å². The Balaban J connectivity index is 1.71. The number of anilines is 1. The largest absolute Gasteiger partial charge is 0.321 e. The van der Waals surface area contributed by atoms with Crippen LogP contribution in [0.2, 0.25) is 0 Å². The van der Waals surface area contributed by atoms with E-state index in [1.54, 1.807) is 10.7 Å². The highest BCUT2D eigenvalue weighted by atomic mass is 16.2. The Hall–Kier alpha value is -3.54. The van der Waals surface area contributed by atoms with Gasteiger partial charge in [-0.25, -0.2) is 4.52 Å². The molecule has 0 aliphatic carbocycles. The average molecular weight is 343 g/mol. The Morgan fingerprint density at radius 2 is 1.81 bits per heavy atom. The van der Waals surface area contributed by atoms with Gasteiger partial charge in [0.25, 0.3) is 5.91 Å². The Morgan fingerprint density at radius 3 is 2.58 bits per heavy atom. The van der Waals surface area contributed by atoms with E-state index in [2.05, 4.69) is 20.6 Å². The van der Waals surface area contributed by atoms with Gasteiger partial charge in [0, 0.05) is 11.3 Å². The minimum absolute atomic E-state index is 0.252. The molecule has 1 N–H and O–H groups in total. The van der Waals surface area contributed by atoms with E-state index in [0.29, 0.717) is 11.3 Å². The molecule has 6 nitrogen and oxygen atoms in total. The lowest BCUT2D eigenvalue weighted by molar-refractivity contribution is 0.102. The highest BCUT2D eigenvalue weighted by Gasteiger charge is 2.18. The molecule has 0 atom stereocenters. The van der Waals surface area contributed by atoms with Crippen molar-refractivity contribution in [3.8, 4) is 11.1 Å². The molecule has 2 aromatic heterocycles. The Kier molecular flexibility index (Phi) is 3.93. The third-order valence-electron chi connectivity index (χ3n) is 4.22. The molecule has 6 heteroatoms. The number of fused-ring (bicyclic) bond motifs is 1. The van der Waals surface area contributed by atoms with Gasteiger partial charge in [-0.2, -0.15) is 5.10 Å². The van der Waals surface area contributed by atoms with Gasteiger partial charge in [-0.1, -0.05) is 42.5 Å². The molecule has 2 heterocycles. The number of rotatable bonds is 3. The Morgan fingerprint density at radius 1 is 1.00 bits per heavy atom. The van der Waals surface area contributed by atoms with Crippen LogP contribution < -0.4 is 5.32 Å². The van der Waals surface area contributed by atoms with Gasteiger partial charge < -0.3 is 5.32 Å². The minimum atomic E-state index is -0.306. The molecule has 128 valence electrons. The summed E-state index contributed by atoms with van der Waals surface area (Å²) in [4.78, 5) is 12.6. The van der Waals surface area contributed by atoms with E-state index in [0.717, 1.165) is 22.4 Å². The van der Waals surface area contributed by atoms with Gasteiger partial charge >= 0.3 is 0 Å². The zero-order valence-electron chi connectivity index (χ0n) is 14.5. The van der Waals surface area contributed by atoms with E-state index < -0.39 is 0 Å². The van der Waals surface area contributed by atoms with Crippen molar-refractivity contribution < 1.29 is 4.79 Å². The molecule has 0 saturated heterocycles. The van der Waals surface area contributed by atoms with Gasteiger partial charge in [0.05, 0.1) is 11.9 Å². The summed E-state index contributed by atoms with van der Waals surface area (Å²) < 4.78 is 1.65. The standard InChI is InChI=1S/C20H17N5O/c1-13-7-6-10-16(11-13)22-20(26)18-14(2)25-19(24-23-18)17(12-21-25)15-8-4-3-5-9-15/h3-12H,1-2H3,(H,22,26). The number of amides is 1. The van der Waals surface area contributed by atoms with E-state index >= 15 is 0 Å². The highest BCUT2D eigenvalue weighted by molar-refractivity contribution is 6.03. The molecule has 0 spiro atoms. The molecule has 0 unspecified atom stereocenters. The summed E-state index contributed by atoms with van der Waals surface area (Å²) in [6, 6.07) is 17.5. The zero-order valence-corrected chi connectivity index (χ0v) is 14.5. The smallest absolute Gasteiger partial charge is 0.278 e. The fourth-order valence-electron chi connectivity index (χ4n) is 2.90. The molecule has 0 aliphatic heterocycles. The average Bonchev–Trinajstić information content (AvgIpc) is 3.07. The number of benzene rings is 2. The molecule has 2 aromatic carbocycles. The van der Waals surface area contributed by atoms with Gasteiger partial charge in [-0.3, -0.25) is 4.79 Å². The van der Waals surface area contributed by atoms with Gasteiger partial charge in [-0.05, 0) is 37.1 Å². The van der Waals surface area contributed by atoms with Crippen molar-refractivity contribution >= 4 is 17.2 Å². The van der Waals surface area contributed by atoms with E-state index in [4.69, 9.17) is 0 Å². The quantitative estimate of drug-likeness (QED) is 0.616. The number of aryl methyl sites for hydroxylation is 2. The SMILES string of the molecule is Cc1cccc(NC(=O)c2nnc3c(-c4ccccc4)cnn3c2C)c1. The van der Waals surface area contributed by atoms with Crippen LogP contribution in [0.1, 0.15) is 21.7 Å². The molecule has 0 bridgehead atoms. The summed E-state index contributed by atoms with van der Waals surface area (Å²) in [6.45, 7) is 3.79. The molecule has 0 radical (unpaired) electrons. The third kappa shape index (κ3) is 2.82. The van der Waals surface area contributed by atoms with Crippen LogP contribution in [0.4, 0.5) is 5.69 Å². The Labute approximate surface area is 150 Å². The third-order valence-corrected chi connectivity index (χ3v) is 4.22. The normalized spacial score (nSPS) is 10.8. The number of aromatic nitrogens is 4. The number of hydrogen-bond acceptors (Lipinski definition) is 4. The molecule has 0 aliphatic rings. The second-order valence-electron chi connectivity index (χ2n) is 6.12. The summed E-state index contributed by atoms with van der Waals surface area (Å²) in [7, 11) is 0. The van der Waals surface area contributed by atoms with Crippen molar-refractivity contribution in [2.24, 2.45) is 0 Å². The second-order valence-corrected chi connectivity index (χ2v) is 6.12. The first-order chi connectivity index (χ1) is 12.6. The topological polar surface area (TPSA) is 72.2 Å². The van der Waals surface area contributed by atoms with Gasteiger partial charge in [0.15, 0.2) is 11.3 Å². The zero-order chi connectivity index (χ0) is 18.1. The van der Waals surface area contributed by atoms with Crippen molar-refractivity contribution in [2.45, 2.75) is 13.8 Å². The van der Waals surface area contributed by atoms with Crippen molar-refractivity contribution in [1.82, 2.24) is 19.8 Å². The number of carbonyl (C=O) groups excluding carboxylic acids is 1. The number of nitrogens with zero attached hydrogens (tertiary/aromatic N) is 4. The maximum Gasteiger partial charge on any atom is 0.278 e. The summed E-state index contributed by atoms with van der Waals surface area (Å²) in [5, 5.41) is 15.7. The Bertz CT molecular complexity index is 1100. The number of carbonyl (C=O) groups is 1. The number of hydrogen-bond donors (Lipinski definition) is 1. The molecule has 4 rings (SSSR count). The monoisotopic (exact) mass is 343 g/mol. The molecule has 4 aromatic rings. The van der Waals surface area contributed by atoms with Crippen LogP contribution in [0.3, 0.4) is 0 Å². The fourth-order valence-corrected chi connectivity index (χ4v) is 2.90. The highest BCUT2D eigenvalue weighted by Crippen LogP contribution is 2.23. The van der Waals surface area contributed by atoms with Crippen LogP contribution in [0.15, 0.2) is 60.8 Å². The summed E-state index contributed by atoms with van der Waals surface area (Å²) in [5.41, 5.74) is 5.20. The van der Waals surface area contributed by atoms with Crippen molar-refractivity contribution in [2.75, 3.05) is 5.32 Å². The van der Waals surface area contributed by atoms with Crippen LogP contribution in [0, 0.1) is 13.8 Å². The molecule has 0 fully saturated rings. The van der Waals surface area contributed by atoms with Crippen molar-refractivity contribution in [3.05, 3.63) is 77.7 Å². The molecule has 1 amide bonds. The van der Waals surface area contributed by atoms with Gasteiger partial charge in [0.2, 0.25) is 0 Å². The van der Waals surface area contributed by atoms with Crippen LogP contribution in [-0.2, 0) is 0 Å². The first kappa shape index (κ1) is 16.0. The molecular formula is C20H17N5O. The predicted octanol–water partition coefficient (Wildman–Crippen LogP) is 3.66. The lowest BCUT2D eigenvalue weighted by atomic mass is 10.1. The van der Waals surface area contributed by atoms with E-state index in [-0.39, 0.29) is 11.6 Å². The first-order valence-electron chi connectivity index (χ1n) is 8.28. The van der Waals surface area contributed by atoms with Crippen molar-refractivity contribution in [1.29, 1.82) is 0 Å². The van der Waals surface area contributed by atoms with Crippen LogP contribution in [-0.4, -0.2) is 25.7 Å². The summed E-state index contributed by atoms with van der Waals surface area (Å²) in [5.74, 6) is -0.306. The molecule has 0 saturated carbocycles. The fraction of sp³-hybridized carbons (Fsp3) is 0.100. The predicted molar refractivity (Wildman–Crippen MR) is 100 cm³/mol. The van der Waals surface area contributed by atoms with E-state index in [9.17, 15) is 4.79 Å². The lowest BCUT2D eigenvalue weighted by Gasteiger charge is -2.08. The maximum absolute atomic E-state index is 12.6. The second kappa shape index (κ2) is 6.40. The number of nitrogens with one attached hydrogen (secondary N) is 1. The van der Waals surface area contributed by atoms with Gasteiger partial charge in [0.1, 0.15) is 0 Å². The molecule has 26 heavy (non-hydrogen) atoms. The summed E-state index contributed by atoms with van der Waals surface area (Å²) >= 11 is 0.